The van der Waals surface area contributed by atoms with Crippen LogP contribution in [0.3, 0.4) is 0 Å². The first-order valence-corrected chi connectivity index (χ1v) is 11.9. The molecule has 5 N–H and O–H groups in total. The van der Waals surface area contributed by atoms with Crippen LogP contribution in [0.2, 0.25) is 5.02 Å². The van der Waals surface area contributed by atoms with Gasteiger partial charge in [-0.2, -0.15) is 5.10 Å². The zero-order valence-electron chi connectivity index (χ0n) is 19.0. The Morgan fingerprint density at radius 3 is 1.94 bits per heavy atom. The minimum Gasteiger partial charge on any atom is -1.00 e. The Kier molecular flexibility index (Phi) is 10.6. The summed E-state index contributed by atoms with van der Waals surface area (Å²) in [6, 6.07) is 11.3. The molecule has 3 aromatic rings. The van der Waals surface area contributed by atoms with Crippen molar-refractivity contribution in [3.8, 4) is 16.8 Å². The summed E-state index contributed by atoms with van der Waals surface area (Å²) in [7, 11) is -11.4. The van der Waals surface area contributed by atoms with Crippen molar-refractivity contribution in [3.05, 3.63) is 71.3 Å². The molecule has 32 heavy (non-hydrogen) atoms. The van der Waals surface area contributed by atoms with Crippen molar-refractivity contribution in [3.63, 3.8) is 0 Å². The topological polar surface area (TPSA) is 153 Å². The van der Waals surface area contributed by atoms with Crippen molar-refractivity contribution < 1.29 is 100 Å². The van der Waals surface area contributed by atoms with Crippen LogP contribution in [0.1, 0.15) is 8.55 Å². The van der Waals surface area contributed by atoms with E-state index in [0.717, 1.165) is 0 Å². The maximum absolute atomic E-state index is 13.2. The van der Waals surface area contributed by atoms with Gasteiger partial charge in [-0.05, 0) is 42.0 Å². The van der Waals surface area contributed by atoms with Crippen LogP contribution in [-0.4, -0.2) is 39.5 Å². The van der Waals surface area contributed by atoms with E-state index in [-0.39, 0.29) is 73.2 Å². The Bertz CT molecular complexity index is 1160. The van der Waals surface area contributed by atoms with Gasteiger partial charge in [0, 0.05) is 23.2 Å². The largest absolute Gasteiger partial charge is 1.00 e. The van der Waals surface area contributed by atoms with Gasteiger partial charge in [-0.15, -0.1) is 0 Å². The molecule has 0 amide bonds. The smallest absolute Gasteiger partial charge is 1.00 e. The number of rotatable bonds is 6. The first-order valence-electron chi connectivity index (χ1n) is 8.26. The van der Waals surface area contributed by atoms with Gasteiger partial charge >= 0.3 is 74.3 Å². The minimum absolute atomic E-state index is 0. The molecule has 164 valence electrons. The fraction of sp³-hybridized carbons (Fsp3) is 0.118. The average Bonchev–Trinajstić information content (AvgIpc) is 3.04. The maximum Gasteiger partial charge on any atom is 1.00 e. The fourth-order valence-electron chi connectivity index (χ4n) is 2.74. The van der Waals surface area contributed by atoms with Crippen molar-refractivity contribution in [2.45, 2.75) is 11.5 Å². The van der Waals surface area contributed by atoms with E-state index in [1.54, 1.807) is 12.1 Å². The van der Waals surface area contributed by atoms with E-state index in [1.807, 2.05) is 0 Å². The molecule has 0 spiro atoms. The third-order valence-corrected chi connectivity index (χ3v) is 8.37. The van der Waals surface area contributed by atoms with Crippen LogP contribution in [0.5, 0.6) is 0 Å². The monoisotopic (exact) mass is 524 g/mol. The standard InChI is InChI=1S/C17H16ClFN2O7P2.2Na.2H/c18-12-3-1-11(2-4-12)15-10-21(14-7-5-13(19)6-8-14)20-16(15)9-17(22,29(23,24)25)30(26,27)28;;;;/h1-8,10,22H,9H2,(H2,23,24,25)(H2,26,27,28);;;;/q;2*+1;2*-1. The number of hydrogen-bond donors (Lipinski definition) is 5. The summed E-state index contributed by atoms with van der Waals surface area (Å²) in [5.41, 5.74) is 0.863. The Morgan fingerprint density at radius 2 is 1.47 bits per heavy atom. The molecule has 0 fully saturated rings. The molecule has 0 radical (unpaired) electrons. The van der Waals surface area contributed by atoms with E-state index < -0.39 is 32.5 Å². The third kappa shape index (κ3) is 6.42. The summed E-state index contributed by atoms with van der Waals surface area (Å²) in [4.78, 5) is 37.8. The summed E-state index contributed by atoms with van der Waals surface area (Å²) >= 11 is 5.88. The molecule has 0 unspecified atom stereocenters. The predicted molar refractivity (Wildman–Crippen MR) is 109 cm³/mol. The molecule has 1 aromatic heterocycles. The molecule has 15 heteroatoms. The van der Waals surface area contributed by atoms with Crippen LogP contribution < -0.4 is 59.1 Å². The molecule has 0 aliphatic rings. The molecule has 2 aromatic carbocycles. The molecule has 0 aliphatic heterocycles. The van der Waals surface area contributed by atoms with Gasteiger partial charge in [-0.1, -0.05) is 23.7 Å². The predicted octanol–water partition coefficient (Wildman–Crippen LogP) is -2.89. The molecular formula is C17H18ClFN2Na2O7P2. The second-order valence-electron chi connectivity index (χ2n) is 6.46. The maximum atomic E-state index is 13.2. The number of benzene rings is 2. The number of aliphatic hydroxyl groups is 1. The van der Waals surface area contributed by atoms with Gasteiger partial charge in [0.1, 0.15) is 5.82 Å². The van der Waals surface area contributed by atoms with E-state index in [0.29, 0.717) is 16.3 Å². The second kappa shape index (κ2) is 11.2. The van der Waals surface area contributed by atoms with Crippen LogP contribution in [0.15, 0.2) is 54.7 Å². The summed E-state index contributed by atoms with van der Waals surface area (Å²) in [5.74, 6) is -0.499. The van der Waals surface area contributed by atoms with Gasteiger partial charge in [0.15, 0.2) is 0 Å². The molecule has 0 bridgehead atoms. The van der Waals surface area contributed by atoms with E-state index >= 15 is 0 Å². The molecule has 0 saturated heterocycles. The summed E-state index contributed by atoms with van der Waals surface area (Å²) in [5, 5.41) is 11.2. The second-order valence-corrected chi connectivity index (χ2v) is 10.9. The van der Waals surface area contributed by atoms with Crippen LogP contribution >= 0.6 is 26.8 Å². The SMILES string of the molecule is O=P(O)(O)C(O)(Cc1nn(-c2ccc(F)cc2)cc1-c1ccc(Cl)cc1)P(=O)(O)O.[H-].[H-].[Na+].[Na+]. The zero-order chi connectivity index (χ0) is 22.3. The van der Waals surface area contributed by atoms with Crippen molar-refractivity contribution in [1.82, 2.24) is 9.78 Å². The van der Waals surface area contributed by atoms with Gasteiger partial charge in [0.05, 0.1) is 11.4 Å². The molecular weight excluding hydrogens is 507 g/mol. The van der Waals surface area contributed by atoms with Crippen molar-refractivity contribution in [2.24, 2.45) is 0 Å². The summed E-state index contributed by atoms with van der Waals surface area (Å²) in [6.45, 7) is 0. The molecule has 0 saturated carbocycles. The van der Waals surface area contributed by atoms with E-state index in [9.17, 15) is 38.2 Å². The quantitative estimate of drug-likeness (QED) is 0.170. The number of nitrogens with zero attached hydrogens (tertiary/aromatic N) is 2. The van der Waals surface area contributed by atoms with Crippen LogP contribution in [-0.2, 0) is 15.6 Å². The van der Waals surface area contributed by atoms with Crippen LogP contribution in [0.4, 0.5) is 4.39 Å². The number of aromatic nitrogens is 2. The summed E-state index contributed by atoms with van der Waals surface area (Å²) in [6.07, 6.45) is 0.277. The molecule has 9 nitrogen and oxygen atoms in total. The fourth-order valence-corrected chi connectivity index (χ4v) is 4.93. The van der Waals surface area contributed by atoms with Crippen LogP contribution in [0.25, 0.3) is 16.8 Å². The van der Waals surface area contributed by atoms with Crippen molar-refractivity contribution in [1.29, 1.82) is 0 Å². The van der Waals surface area contributed by atoms with Crippen molar-refractivity contribution in [2.75, 3.05) is 0 Å². The molecule has 0 atom stereocenters. The molecule has 1 heterocycles. The Hall–Kier alpha value is 0.130. The third-order valence-electron chi connectivity index (χ3n) is 4.37. The van der Waals surface area contributed by atoms with Gasteiger partial charge in [-0.3, -0.25) is 9.13 Å². The summed E-state index contributed by atoms with van der Waals surface area (Å²) < 4.78 is 38.0. The van der Waals surface area contributed by atoms with Crippen molar-refractivity contribution >= 4 is 26.8 Å². The van der Waals surface area contributed by atoms with Gasteiger partial charge in [0.25, 0.3) is 5.08 Å². The van der Waals surface area contributed by atoms with E-state index in [1.165, 1.54) is 47.3 Å². The van der Waals surface area contributed by atoms with Gasteiger partial charge < -0.3 is 27.5 Å². The Balaban J connectivity index is 0. The normalized spacial score (nSPS) is 12.1. The molecule has 0 aliphatic carbocycles. The average molecular weight is 525 g/mol. The first-order chi connectivity index (χ1) is 13.8. The van der Waals surface area contributed by atoms with Crippen LogP contribution in [0, 0.1) is 5.82 Å². The van der Waals surface area contributed by atoms with E-state index in [4.69, 9.17) is 11.6 Å². The van der Waals surface area contributed by atoms with E-state index in [2.05, 4.69) is 5.10 Å². The Morgan fingerprint density at radius 1 is 0.969 bits per heavy atom. The van der Waals surface area contributed by atoms with Gasteiger partial charge in [0.2, 0.25) is 0 Å². The number of hydrogen-bond acceptors (Lipinski definition) is 4. The number of halogens is 2. The van der Waals surface area contributed by atoms with Gasteiger partial charge in [-0.25, -0.2) is 9.07 Å². The Labute approximate surface area is 234 Å². The first kappa shape index (κ1) is 30.2. The molecule has 3 rings (SSSR count). The zero-order valence-corrected chi connectivity index (χ0v) is 23.5. The minimum atomic E-state index is -5.69.